The minimum absolute atomic E-state index is 0.144. The molecule has 2 aromatic carbocycles. The lowest BCUT2D eigenvalue weighted by Gasteiger charge is -2.15. The first-order chi connectivity index (χ1) is 15.0. The van der Waals surface area contributed by atoms with Gasteiger partial charge in [0.25, 0.3) is 0 Å². The summed E-state index contributed by atoms with van der Waals surface area (Å²) in [5.41, 5.74) is 4.86. The Kier molecular flexibility index (Phi) is 6.61. The highest BCUT2D eigenvalue weighted by Crippen LogP contribution is 2.36. The van der Waals surface area contributed by atoms with Gasteiger partial charge in [0.15, 0.2) is 5.13 Å². The van der Waals surface area contributed by atoms with Gasteiger partial charge in [-0.3, -0.25) is 4.79 Å². The number of benzene rings is 2. The predicted octanol–water partition coefficient (Wildman–Crippen LogP) is 3.88. The number of thiazole rings is 1. The predicted molar refractivity (Wildman–Crippen MR) is 125 cm³/mol. The largest absolute Gasteiger partial charge is 0.488 e. The molecule has 0 saturated carbocycles. The summed E-state index contributed by atoms with van der Waals surface area (Å²) >= 11 is 1.63. The smallest absolute Gasteiger partial charge is 0.305 e. The molecule has 1 saturated heterocycles. The molecule has 2 heterocycles. The molecule has 1 aliphatic rings. The first-order valence-corrected chi connectivity index (χ1v) is 11.3. The summed E-state index contributed by atoms with van der Waals surface area (Å²) < 4.78 is 10.9. The van der Waals surface area contributed by atoms with Gasteiger partial charge in [-0.2, -0.15) is 0 Å². The highest BCUT2D eigenvalue weighted by molar-refractivity contribution is 7.14. The zero-order valence-corrected chi connectivity index (χ0v) is 18.7. The topological polar surface area (TPSA) is 51.7 Å². The van der Waals surface area contributed by atoms with Crippen LogP contribution in [0.4, 0.5) is 5.13 Å². The van der Waals surface area contributed by atoms with Crippen molar-refractivity contribution in [3.8, 4) is 17.0 Å². The van der Waals surface area contributed by atoms with Crippen molar-refractivity contribution >= 4 is 35.7 Å². The zero-order valence-electron chi connectivity index (χ0n) is 17.8. The Morgan fingerprint density at radius 3 is 2.84 bits per heavy atom. The van der Waals surface area contributed by atoms with Gasteiger partial charge in [-0.05, 0) is 37.0 Å². The first kappa shape index (κ1) is 21.4. The molecule has 2 radical (unpaired) electrons. The number of ether oxygens (including phenoxy) is 2. The number of hydrogen-bond donors (Lipinski definition) is 0. The van der Waals surface area contributed by atoms with Crippen molar-refractivity contribution in [1.82, 2.24) is 4.98 Å². The number of nitrogens with zero attached hydrogens (tertiary/aromatic N) is 2. The molecule has 1 aromatic heterocycles. The van der Waals surface area contributed by atoms with Crippen LogP contribution < -0.4 is 15.1 Å². The van der Waals surface area contributed by atoms with Gasteiger partial charge >= 0.3 is 5.97 Å². The number of carbonyl (C=O) groups excluding carboxylic acids is 1. The van der Waals surface area contributed by atoms with Gasteiger partial charge in [0.1, 0.15) is 20.2 Å². The van der Waals surface area contributed by atoms with E-state index in [1.165, 1.54) is 7.11 Å². The van der Waals surface area contributed by atoms with E-state index in [0.717, 1.165) is 58.2 Å². The monoisotopic (exact) mass is 432 g/mol. The second kappa shape index (κ2) is 9.56. The van der Waals surface area contributed by atoms with Gasteiger partial charge < -0.3 is 14.4 Å². The summed E-state index contributed by atoms with van der Waals surface area (Å²) in [6, 6.07) is 13.9. The molecule has 1 aliphatic heterocycles. The van der Waals surface area contributed by atoms with Crippen molar-refractivity contribution in [2.75, 3.05) is 25.1 Å². The molecule has 3 aromatic rings. The lowest BCUT2D eigenvalue weighted by molar-refractivity contribution is -0.141. The molecule has 5 nitrogen and oxygen atoms in total. The van der Waals surface area contributed by atoms with Crippen molar-refractivity contribution < 1.29 is 14.3 Å². The first-order valence-electron chi connectivity index (χ1n) is 10.4. The summed E-state index contributed by atoms with van der Waals surface area (Å²) in [5, 5.41) is 3.06. The molecule has 1 atom stereocenters. The molecule has 0 bridgehead atoms. The minimum atomic E-state index is -0.144. The van der Waals surface area contributed by atoms with E-state index in [0.29, 0.717) is 18.9 Å². The third-order valence-electron chi connectivity index (χ3n) is 5.52. The van der Waals surface area contributed by atoms with Crippen LogP contribution in [0.25, 0.3) is 11.3 Å². The van der Waals surface area contributed by atoms with Crippen molar-refractivity contribution in [2.24, 2.45) is 5.92 Å². The zero-order chi connectivity index (χ0) is 21.8. The third kappa shape index (κ3) is 5.28. The minimum Gasteiger partial charge on any atom is -0.488 e. The highest BCUT2D eigenvalue weighted by atomic mass is 32.1. The van der Waals surface area contributed by atoms with Crippen LogP contribution in [0.15, 0.2) is 47.8 Å². The molecular weight excluding hydrogens is 407 g/mol. The van der Waals surface area contributed by atoms with Crippen molar-refractivity contribution in [1.29, 1.82) is 0 Å². The van der Waals surface area contributed by atoms with E-state index < -0.39 is 0 Å². The van der Waals surface area contributed by atoms with Crippen LogP contribution in [0.3, 0.4) is 0 Å². The van der Waals surface area contributed by atoms with Crippen LogP contribution in [0.1, 0.15) is 24.0 Å². The molecule has 4 rings (SSSR count). The standard InChI is InChI=1S/C24H25BN2O3S/c1-16-3-8-22(30-14-17-4-6-19(25)7-5-17)20(11-16)21-15-31-24(26-21)27-10-9-18(13-27)12-23(28)29-2/h3-8,11,15,18H,9-10,12-14H2,1-2H3. The number of hydrogen-bond acceptors (Lipinski definition) is 6. The summed E-state index contributed by atoms with van der Waals surface area (Å²) in [5.74, 6) is 0.983. The van der Waals surface area contributed by atoms with Gasteiger partial charge in [-0.1, -0.05) is 41.4 Å². The molecule has 0 N–H and O–H groups in total. The van der Waals surface area contributed by atoms with E-state index in [1.807, 2.05) is 36.4 Å². The molecular formula is C24H25BN2O3S. The number of anilines is 1. The number of aromatic nitrogens is 1. The summed E-state index contributed by atoms with van der Waals surface area (Å²) in [6.45, 7) is 4.27. The molecule has 1 fully saturated rings. The summed E-state index contributed by atoms with van der Waals surface area (Å²) in [7, 11) is 7.21. The van der Waals surface area contributed by atoms with Gasteiger partial charge in [0.05, 0.1) is 19.2 Å². The fourth-order valence-corrected chi connectivity index (χ4v) is 4.63. The van der Waals surface area contributed by atoms with Crippen LogP contribution in [0.2, 0.25) is 0 Å². The summed E-state index contributed by atoms with van der Waals surface area (Å²) in [4.78, 5) is 18.7. The quantitative estimate of drug-likeness (QED) is 0.419. The Morgan fingerprint density at radius 1 is 1.26 bits per heavy atom. The third-order valence-corrected chi connectivity index (χ3v) is 6.42. The fourth-order valence-electron chi connectivity index (χ4n) is 3.77. The number of aryl methyl sites for hydroxylation is 1. The Labute approximate surface area is 188 Å². The lowest BCUT2D eigenvalue weighted by Crippen LogP contribution is -2.20. The maximum atomic E-state index is 11.6. The number of carbonyl (C=O) groups is 1. The number of rotatable bonds is 7. The highest BCUT2D eigenvalue weighted by Gasteiger charge is 2.27. The second-order valence-electron chi connectivity index (χ2n) is 7.93. The molecule has 31 heavy (non-hydrogen) atoms. The van der Waals surface area contributed by atoms with E-state index in [9.17, 15) is 4.79 Å². The maximum absolute atomic E-state index is 11.6. The van der Waals surface area contributed by atoms with Crippen LogP contribution in [0, 0.1) is 12.8 Å². The number of esters is 1. The van der Waals surface area contributed by atoms with E-state index >= 15 is 0 Å². The van der Waals surface area contributed by atoms with Gasteiger partial charge in [-0.15, -0.1) is 11.3 Å². The van der Waals surface area contributed by atoms with Gasteiger partial charge in [0.2, 0.25) is 0 Å². The van der Waals surface area contributed by atoms with E-state index in [-0.39, 0.29) is 5.97 Å². The van der Waals surface area contributed by atoms with Crippen LogP contribution in [0.5, 0.6) is 5.75 Å². The van der Waals surface area contributed by atoms with Gasteiger partial charge in [0, 0.05) is 24.0 Å². The Morgan fingerprint density at radius 2 is 2.06 bits per heavy atom. The van der Waals surface area contributed by atoms with E-state index in [2.05, 4.69) is 23.3 Å². The molecule has 0 aliphatic carbocycles. The fraction of sp³-hybridized carbons (Fsp3) is 0.333. The maximum Gasteiger partial charge on any atom is 0.305 e. The molecule has 158 valence electrons. The van der Waals surface area contributed by atoms with Gasteiger partial charge in [-0.25, -0.2) is 4.98 Å². The van der Waals surface area contributed by atoms with Crippen molar-refractivity contribution in [3.05, 3.63) is 59.0 Å². The Hall–Kier alpha value is -2.80. The van der Waals surface area contributed by atoms with Crippen molar-refractivity contribution in [2.45, 2.75) is 26.4 Å². The summed E-state index contributed by atoms with van der Waals surface area (Å²) in [6.07, 6.45) is 1.44. The number of methoxy groups -OCH3 is 1. The normalized spacial score (nSPS) is 15.8. The second-order valence-corrected chi connectivity index (χ2v) is 8.76. The van der Waals surface area contributed by atoms with E-state index in [4.69, 9.17) is 22.3 Å². The average Bonchev–Trinajstić information content (AvgIpc) is 3.43. The Balaban J connectivity index is 1.48. The SMILES string of the molecule is [B]c1ccc(COc2ccc(C)cc2-c2csc(N3CCC(CC(=O)OC)C3)n2)cc1. The van der Waals surface area contributed by atoms with Crippen molar-refractivity contribution in [3.63, 3.8) is 0 Å². The lowest BCUT2D eigenvalue weighted by atomic mass is 9.95. The van der Waals surface area contributed by atoms with Crippen LogP contribution >= 0.6 is 11.3 Å². The molecule has 0 spiro atoms. The van der Waals surface area contributed by atoms with Crippen LogP contribution in [-0.2, 0) is 16.1 Å². The molecule has 1 unspecified atom stereocenters. The van der Waals surface area contributed by atoms with E-state index in [1.54, 1.807) is 11.3 Å². The average molecular weight is 432 g/mol. The Bertz CT molecular complexity index is 1050. The molecule has 0 amide bonds. The molecule has 7 heteroatoms. The van der Waals surface area contributed by atoms with Crippen LogP contribution in [-0.4, -0.2) is 39.0 Å².